The van der Waals surface area contributed by atoms with Crippen molar-refractivity contribution in [1.82, 2.24) is 0 Å². The molecule has 0 unspecified atom stereocenters. The van der Waals surface area contributed by atoms with E-state index in [0.717, 1.165) is 36.3 Å². The summed E-state index contributed by atoms with van der Waals surface area (Å²) < 4.78 is 0. The van der Waals surface area contributed by atoms with Crippen molar-refractivity contribution in [3.8, 4) is 0 Å². The van der Waals surface area contributed by atoms with Gasteiger partial charge in [0.1, 0.15) is 0 Å². The molecule has 3 aliphatic rings. The van der Waals surface area contributed by atoms with Crippen molar-refractivity contribution >= 4 is 0 Å². The fraction of sp³-hybridized carbons (Fsp3) is 0.778. The average Bonchev–Trinajstić information content (AvgIpc) is 3.04. The lowest BCUT2D eigenvalue weighted by Gasteiger charge is -2.44. The van der Waals surface area contributed by atoms with E-state index in [2.05, 4.69) is 46.4 Å². The molecule has 30 heavy (non-hydrogen) atoms. The molecule has 0 radical (unpaired) electrons. The highest BCUT2D eigenvalue weighted by Gasteiger charge is 2.50. The number of aliphatic hydroxyl groups excluding tert-OH is 3. The van der Waals surface area contributed by atoms with Crippen molar-refractivity contribution in [3.05, 3.63) is 35.5 Å². The Labute approximate surface area is 184 Å². The molecule has 3 aliphatic carbocycles. The molecule has 3 nitrogen and oxygen atoms in total. The van der Waals surface area contributed by atoms with Crippen LogP contribution in [0.25, 0.3) is 0 Å². The van der Waals surface area contributed by atoms with Gasteiger partial charge in [-0.3, -0.25) is 0 Å². The molecule has 0 aliphatic heterocycles. The van der Waals surface area contributed by atoms with Crippen LogP contribution >= 0.6 is 0 Å². The van der Waals surface area contributed by atoms with Gasteiger partial charge in [0.2, 0.25) is 0 Å². The summed E-state index contributed by atoms with van der Waals surface area (Å²) in [4.78, 5) is 0. The molecule has 170 valence electrons. The number of fused-ring (bicyclic) bond motifs is 1. The highest BCUT2D eigenvalue weighted by molar-refractivity contribution is 5.38. The minimum Gasteiger partial charge on any atom is -0.393 e. The molecule has 0 spiro atoms. The van der Waals surface area contributed by atoms with Crippen molar-refractivity contribution in [1.29, 1.82) is 0 Å². The van der Waals surface area contributed by atoms with Crippen LogP contribution in [-0.4, -0.2) is 33.6 Å². The second-order valence-corrected chi connectivity index (χ2v) is 11.0. The number of aliphatic hydroxyl groups is 3. The average molecular weight is 417 g/mol. The topological polar surface area (TPSA) is 60.7 Å². The molecule has 0 aromatic rings. The lowest BCUT2D eigenvalue weighted by molar-refractivity contribution is 0.0717. The van der Waals surface area contributed by atoms with Crippen LogP contribution in [0.3, 0.4) is 0 Å². The zero-order chi connectivity index (χ0) is 22.1. The zero-order valence-corrected chi connectivity index (χ0v) is 19.6. The quantitative estimate of drug-likeness (QED) is 0.531. The first-order chi connectivity index (χ1) is 14.1. The third kappa shape index (κ3) is 4.95. The smallest absolute Gasteiger partial charge is 0.0811 e. The number of hydrogen-bond acceptors (Lipinski definition) is 3. The predicted molar refractivity (Wildman–Crippen MR) is 124 cm³/mol. The van der Waals surface area contributed by atoms with E-state index in [4.69, 9.17) is 0 Å². The van der Waals surface area contributed by atoms with Crippen molar-refractivity contribution in [2.75, 3.05) is 0 Å². The lowest BCUT2D eigenvalue weighted by Crippen LogP contribution is -2.36. The number of rotatable bonds is 6. The van der Waals surface area contributed by atoms with Crippen molar-refractivity contribution in [3.63, 3.8) is 0 Å². The standard InChI is InChI=1S/C27H44O3/c1-17(2)25(29)13-8-18(3)23-11-12-24-20(7-6-14-27(23,24)5)9-10-21-15-22(28)16-26(30)19(21)4/h9-10,17-18,22-26,28-30H,4,6-8,11-16H2,1-3,5H3/b20-9+,21-10-/t18-,22+,23-,24+,25+,26+,27-/m1/s1. The highest BCUT2D eigenvalue weighted by Crippen LogP contribution is 2.60. The van der Waals surface area contributed by atoms with Crippen LogP contribution in [0.15, 0.2) is 35.5 Å². The second kappa shape index (κ2) is 9.71. The van der Waals surface area contributed by atoms with E-state index >= 15 is 0 Å². The Morgan fingerprint density at radius 2 is 1.87 bits per heavy atom. The predicted octanol–water partition coefficient (Wildman–Crippen LogP) is 5.56. The Morgan fingerprint density at radius 1 is 1.13 bits per heavy atom. The van der Waals surface area contributed by atoms with Gasteiger partial charge in [0.05, 0.1) is 18.3 Å². The van der Waals surface area contributed by atoms with Gasteiger partial charge in [-0.25, -0.2) is 0 Å². The van der Waals surface area contributed by atoms with Gasteiger partial charge in [0.25, 0.3) is 0 Å². The van der Waals surface area contributed by atoms with Gasteiger partial charge < -0.3 is 15.3 Å². The molecule has 3 saturated carbocycles. The number of hydrogen-bond donors (Lipinski definition) is 3. The molecule has 0 amide bonds. The molecular weight excluding hydrogens is 372 g/mol. The van der Waals surface area contributed by atoms with Gasteiger partial charge in [-0.15, -0.1) is 0 Å². The molecule has 0 heterocycles. The molecule has 7 atom stereocenters. The van der Waals surface area contributed by atoms with Crippen LogP contribution in [0.5, 0.6) is 0 Å². The van der Waals surface area contributed by atoms with E-state index in [-0.39, 0.29) is 6.10 Å². The number of allylic oxidation sites excluding steroid dienone is 3. The Hall–Kier alpha value is -0.900. The molecule has 3 fully saturated rings. The van der Waals surface area contributed by atoms with Crippen LogP contribution in [-0.2, 0) is 0 Å². The molecule has 3 heteroatoms. The monoisotopic (exact) mass is 416 g/mol. The van der Waals surface area contributed by atoms with E-state index in [1.807, 2.05) is 0 Å². The van der Waals surface area contributed by atoms with Crippen LogP contribution in [0.2, 0.25) is 0 Å². The third-order valence-electron chi connectivity index (χ3n) is 8.68. The summed E-state index contributed by atoms with van der Waals surface area (Å²) in [7, 11) is 0. The normalized spacial score (nSPS) is 39.5. The minimum absolute atomic E-state index is 0.180. The molecule has 0 bridgehead atoms. The second-order valence-electron chi connectivity index (χ2n) is 11.0. The minimum atomic E-state index is -0.618. The summed E-state index contributed by atoms with van der Waals surface area (Å²) in [6.45, 7) is 13.2. The lowest BCUT2D eigenvalue weighted by atomic mass is 9.60. The van der Waals surface area contributed by atoms with E-state index in [9.17, 15) is 15.3 Å². The molecular formula is C27H44O3. The van der Waals surface area contributed by atoms with Gasteiger partial charge in [-0.05, 0) is 91.6 Å². The molecule has 0 saturated heterocycles. The molecule has 0 aromatic heterocycles. The molecule has 3 N–H and O–H groups in total. The highest BCUT2D eigenvalue weighted by atomic mass is 16.3. The summed E-state index contributed by atoms with van der Waals surface area (Å²) in [5.74, 6) is 2.35. The summed E-state index contributed by atoms with van der Waals surface area (Å²) >= 11 is 0. The summed E-state index contributed by atoms with van der Waals surface area (Å²) in [6.07, 6.45) is 12.4. The van der Waals surface area contributed by atoms with Crippen LogP contribution in [0, 0.1) is 29.1 Å². The van der Waals surface area contributed by atoms with Gasteiger partial charge in [-0.1, -0.05) is 52.0 Å². The van der Waals surface area contributed by atoms with Crippen LogP contribution < -0.4 is 0 Å². The Balaban J connectivity index is 1.72. The van der Waals surface area contributed by atoms with Crippen LogP contribution in [0.1, 0.15) is 85.5 Å². The maximum atomic E-state index is 10.3. The first kappa shape index (κ1) is 23.8. The Kier molecular flexibility index (Phi) is 7.69. The van der Waals surface area contributed by atoms with Gasteiger partial charge in [-0.2, -0.15) is 0 Å². The van der Waals surface area contributed by atoms with E-state index in [0.29, 0.717) is 36.0 Å². The summed E-state index contributed by atoms with van der Waals surface area (Å²) in [5.41, 5.74) is 3.69. The van der Waals surface area contributed by atoms with Crippen LogP contribution in [0.4, 0.5) is 0 Å². The maximum Gasteiger partial charge on any atom is 0.0811 e. The molecule has 3 rings (SSSR count). The maximum absolute atomic E-state index is 10.3. The van der Waals surface area contributed by atoms with Crippen molar-refractivity contribution in [2.24, 2.45) is 29.1 Å². The van der Waals surface area contributed by atoms with E-state index < -0.39 is 12.2 Å². The van der Waals surface area contributed by atoms with Gasteiger partial charge >= 0.3 is 0 Å². The Bertz CT molecular complexity index is 676. The molecule has 0 aromatic carbocycles. The fourth-order valence-corrected chi connectivity index (χ4v) is 6.65. The van der Waals surface area contributed by atoms with E-state index in [1.165, 1.54) is 25.7 Å². The third-order valence-corrected chi connectivity index (χ3v) is 8.68. The SMILES string of the molecule is C=C1/C(=C\C=C2/CCC[C@]3(C)[C@@H]([C@H](C)CC[C@H](O)C(C)C)CC[C@@H]23)C[C@H](O)C[C@@H]1O. The summed E-state index contributed by atoms with van der Waals surface area (Å²) in [6, 6.07) is 0. The van der Waals surface area contributed by atoms with Gasteiger partial charge in [0, 0.05) is 6.42 Å². The fourth-order valence-electron chi connectivity index (χ4n) is 6.65. The van der Waals surface area contributed by atoms with Crippen molar-refractivity contribution in [2.45, 2.75) is 104 Å². The summed E-state index contributed by atoms with van der Waals surface area (Å²) in [5, 5.41) is 30.4. The van der Waals surface area contributed by atoms with E-state index in [1.54, 1.807) is 5.57 Å². The van der Waals surface area contributed by atoms with Crippen molar-refractivity contribution < 1.29 is 15.3 Å². The Morgan fingerprint density at radius 3 is 2.57 bits per heavy atom. The van der Waals surface area contributed by atoms with Gasteiger partial charge in [0.15, 0.2) is 0 Å². The largest absolute Gasteiger partial charge is 0.393 e. The zero-order valence-electron chi connectivity index (χ0n) is 19.6. The first-order valence-electron chi connectivity index (χ1n) is 12.3. The first-order valence-corrected chi connectivity index (χ1v) is 12.3.